The lowest BCUT2D eigenvalue weighted by atomic mass is 10.0. The summed E-state index contributed by atoms with van der Waals surface area (Å²) >= 11 is 0. The molecule has 0 aliphatic heterocycles. The first kappa shape index (κ1) is 32.0. The summed E-state index contributed by atoms with van der Waals surface area (Å²) in [5.74, 6) is -6.46. The summed E-state index contributed by atoms with van der Waals surface area (Å²) in [4.78, 5) is 32.6. The van der Waals surface area contributed by atoms with Crippen LogP contribution in [0.2, 0.25) is 0 Å². The zero-order valence-electron chi connectivity index (χ0n) is 22.4. The molecule has 0 radical (unpaired) electrons. The molecule has 0 bridgehead atoms. The summed E-state index contributed by atoms with van der Waals surface area (Å²) < 4.78 is 111. The van der Waals surface area contributed by atoms with E-state index in [2.05, 4.69) is 9.97 Å². The number of carboxylic acid groups (broad SMARTS) is 1. The number of carbonyl (C=O) groups excluding carboxylic acids is 1. The molecule has 44 heavy (non-hydrogen) atoms. The summed E-state index contributed by atoms with van der Waals surface area (Å²) in [6.45, 7) is 1.20. The second-order valence-electron chi connectivity index (χ2n) is 9.52. The van der Waals surface area contributed by atoms with E-state index in [0.717, 1.165) is 12.1 Å². The quantitative estimate of drug-likeness (QED) is 0.181. The molecule has 2 atom stereocenters. The van der Waals surface area contributed by atoms with Gasteiger partial charge in [-0.2, -0.15) is 26.3 Å². The number of alkyl halides is 6. The second kappa shape index (κ2) is 12.0. The second-order valence-corrected chi connectivity index (χ2v) is 9.52. The number of nitrogens with zero attached hydrogens (tertiary/aromatic N) is 3. The van der Waals surface area contributed by atoms with Crippen LogP contribution in [0.5, 0.6) is 0 Å². The van der Waals surface area contributed by atoms with E-state index in [4.69, 9.17) is 5.73 Å². The maximum Gasteiger partial charge on any atom is 0.418 e. The fourth-order valence-electron chi connectivity index (χ4n) is 4.46. The van der Waals surface area contributed by atoms with Crippen molar-refractivity contribution in [2.45, 2.75) is 44.2 Å². The molecule has 9 nitrogen and oxygen atoms in total. The van der Waals surface area contributed by atoms with Gasteiger partial charge in [-0.15, -0.1) is 0 Å². The van der Waals surface area contributed by atoms with E-state index in [9.17, 15) is 49.8 Å². The Morgan fingerprint density at radius 1 is 1.05 bits per heavy atom. The number of pyridine rings is 2. The first-order valence-corrected chi connectivity index (χ1v) is 12.7. The van der Waals surface area contributed by atoms with E-state index in [1.165, 1.54) is 35.9 Å². The third-order valence-electron chi connectivity index (χ3n) is 6.54. The molecule has 3 aromatic heterocycles. The van der Waals surface area contributed by atoms with Crippen molar-refractivity contribution in [3.63, 3.8) is 0 Å². The number of carbonyl (C=O) groups is 2. The van der Waals surface area contributed by atoms with Crippen LogP contribution in [0.4, 0.5) is 46.6 Å². The van der Waals surface area contributed by atoms with Gasteiger partial charge in [-0.05, 0) is 42.8 Å². The minimum absolute atomic E-state index is 0.0639. The zero-order chi connectivity index (χ0) is 32.6. The van der Waals surface area contributed by atoms with Crippen LogP contribution in [-0.4, -0.2) is 49.6 Å². The largest absolute Gasteiger partial charge is 0.480 e. The fraction of sp³-hybridized carbons (Fsp3) is 0.259. The van der Waals surface area contributed by atoms with Gasteiger partial charge < -0.3 is 25.9 Å². The maximum atomic E-state index is 14.7. The van der Waals surface area contributed by atoms with Crippen LogP contribution in [0.1, 0.15) is 35.0 Å². The Balaban J connectivity index is 1.63. The van der Waals surface area contributed by atoms with Crippen LogP contribution in [0, 0.1) is 11.6 Å². The number of nitrogen functional groups attached to an aromatic ring is 1. The molecule has 4 rings (SSSR count). The highest BCUT2D eigenvalue weighted by atomic mass is 19.4. The Morgan fingerprint density at radius 2 is 1.70 bits per heavy atom. The normalized spacial score (nSPS) is 13.5. The van der Waals surface area contributed by atoms with Gasteiger partial charge in [-0.25, -0.2) is 23.5 Å². The van der Waals surface area contributed by atoms with Crippen LogP contribution >= 0.6 is 0 Å². The zero-order valence-corrected chi connectivity index (χ0v) is 22.4. The molecule has 1 amide bonds. The van der Waals surface area contributed by atoms with Gasteiger partial charge in [0.05, 0.1) is 11.3 Å². The Kier molecular flexibility index (Phi) is 8.69. The van der Waals surface area contributed by atoms with Crippen molar-refractivity contribution in [1.29, 1.82) is 0 Å². The van der Waals surface area contributed by atoms with Crippen molar-refractivity contribution in [2.75, 3.05) is 11.1 Å². The van der Waals surface area contributed by atoms with E-state index in [1.54, 1.807) is 0 Å². The van der Waals surface area contributed by atoms with Gasteiger partial charge in [0, 0.05) is 35.8 Å². The van der Waals surface area contributed by atoms with Crippen molar-refractivity contribution >= 4 is 29.0 Å². The van der Waals surface area contributed by atoms with E-state index >= 15 is 0 Å². The molecule has 17 heteroatoms. The molecule has 3 heterocycles. The summed E-state index contributed by atoms with van der Waals surface area (Å²) in [7, 11) is 0. The molecule has 0 aliphatic rings. The summed E-state index contributed by atoms with van der Waals surface area (Å²) in [5, 5.41) is 13.6. The van der Waals surface area contributed by atoms with Crippen molar-refractivity contribution in [2.24, 2.45) is 0 Å². The monoisotopic (exact) mass is 630 g/mol. The highest BCUT2D eigenvalue weighted by Gasteiger charge is 2.39. The molecule has 0 fully saturated rings. The minimum Gasteiger partial charge on any atom is -0.480 e. The Morgan fingerprint density at radius 3 is 2.27 bits per heavy atom. The van der Waals surface area contributed by atoms with Gasteiger partial charge in [-0.3, -0.25) is 4.79 Å². The molecule has 1 aromatic carbocycles. The maximum absolute atomic E-state index is 14.7. The van der Waals surface area contributed by atoms with Crippen LogP contribution in [0.3, 0.4) is 0 Å². The van der Waals surface area contributed by atoms with Gasteiger partial charge in [0.2, 0.25) is 0 Å². The highest BCUT2D eigenvalue weighted by molar-refractivity contribution is 5.97. The summed E-state index contributed by atoms with van der Waals surface area (Å²) in [6, 6.07) is 1.17. The van der Waals surface area contributed by atoms with Gasteiger partial charge in [0.1, 0.15) is 40.7 Å². The van der Waals surface area contributed by atoms with E-state index in [-0.39, 0.29) is 22.7 Å². The average molecular weight is 630 g/mol. The molecule has 0 saturated carbocycles. The van der Waals surface area contributed by atoms with E-state index in [1.807, 2.05) is 10.6 Å². The molecule has 0 saturated heterocycles. The molecule has 234 valence electrons. The van der Waals surface area contributed by atoms with Crippen molar-refractivity contribution in [1.82, 2.24) is 19.7 Å². The van der Waals surface area contributed by atoms with Crippen LogP contribution in [0.15, 0.2) is 48.8 Å². The number of rotatable bonds is 9. The number of halogens is 8. The fourth-order valence-corrected chi connectivity index (χ4v) is 4.46. The number of aliphatic carboxylic acids is 1. The molecule has 4 aromatic rings. The number of fused-ring (bicyclic) bond motifs is 1. The summed E-state index contributed by atoms with van der Waals surface area (Å²) in [6.07, 6.45) is -7.98. The van der Waals surface area contributed by atoms with Crippen molar-refractivity contribution < 1.29 is 49.8 Å². The van der Waals surface area contributed by atoms with Crippen LogP contribution < -0.4 is 16.4 Å². The van der Waals surface area contributed by atoms with Gasteiger partial charge in [0.25, 0.3) is 5.91 Å². The number of nitrogens with two attached hydrogens (primary N) is 1. The number of benzene rings is 1. The number of aromatic nitrogens is 3. The van der Waals surface area contributed by atoms with Crippen molar-refractivity contribution in [3.8, 4) is 11.3 Å². The number of nitrogens with one attached hydrogen (secondary N) is 2. The van der Waals surface area contributed by atoms with Gasteiger partial charge in [-0.1, -0.05) is 6.92 Å². The van der Waals surface area contributed by atoms with Gasteiger partial charge in [0.15, 0.2) is 0 Å². The smallest absolute Gasteiger partial charge is 0.418 e. The first-order valence-electron chi connectivity index (χ1n) is 12.7. The number of hydrogen-bond acceptors (Lipinski definition) is 6. The Bertz CT molecular complexity index is 1700. The SMILES string of the molecule is CC[C@@H](Nc1cc(F)c(C(=O)N[C@@H](Cc2ccc(-c3nc(N)ccc3C(F)(F)F)c3nccn23)C(=O)O)c(F)c1)C(F)(F)F. The molecular formula is C27H22F8N6O3. The van der Waals surface area contributed by atoms with Crippen LogP contribution in [-0.2, 0) is 17.4 Å². The predicted octanol–water partition coefficient (Wildman–Crippen LogP) is 5.45. The minimum atomic E-state index is -4.80. The molecule has 0 aliphatic carbocycles. The Labute approximate surface area is 242 Å². The molecule has 5 N–H and O–H groups in total. The highest BCUT2D eigenvalue weighted by Crippen LogP contribution is 2.38. The molecule has 0 spiro atoms. The lowest BCUT2D eigenvalue weighted by molar-refractivity contribution is -0.143. The first-order chi connectivity index (χ1) is 20.5. The van der Waals surface area contributed by atoms with E-state index < -0.39 is 83.3 Å². The lowest BCUT2D eigenvalue weighted by Crippen LogP contribution is -2.43. The third-order valence-corrected chi connectivity index (χ3v) is 6.54. The topological polar surface area (TPSA) is 135 Å². The van der Waals surface area contributed by atoms with Gasteiger partial charge >= 0.3 is 18.3 Å². The summed E-state index contributed by atoms with van der Waals surface area (Å²) in [5.41, 5.74) is 2.10. The number of anilines is 2. The lowest BCUT2D eigenvalue weighted by Gasteiger charge is -2.22. The predicted molar refractivity (Wildman–Crippen MR) is 141 cm³/mol. The van der Waals surface area contributed by atoms with Crippen LogP contribution in [0.25, 0.3) is 16.9 Å². The number of carboxylic acids is 1. The Hall–Kier alpha value is -4.96. The number of amides is 1. The number of hydrogen-bond donors (Lipinski definition) is 4. The molecular weight excluding hydrogens is 608 g/mol. The van der Waals surface area contributed by atoms with E-state index in [0.29, 0.717) is 12.1 Å². The third kappa shape index (κ3) is 6.65. The standard InChI is InChI=1S/C27H22F8N6O3/c1-2-19(27(33,34)35)38-12-9-16(28)21(17(29)10-12)24(42)39-18(25(43)44)11-13-3-4-14(23-37-7-8-41(13)23)22-15(26(30,31)32)5-6-20(36)40-22/h3-10,18-19,38H,2,11H2,1H3,(H2,36,40)(H,39,42)(H,43,44)/t18-,19+/m0/s1. The molecule has 0 unspecified atom stereocenters. The van der Waals surface area contributed by atoms with Crippen molar-refractivity contribution in [3.05, 3.63) is 77.2 Å². The average Bonchev–Trinajstić information content (AvgIpc) is 3.40. The number of imidazole rings is 1.